The van der Waals surface area contributed by atoms with Gasteiger partial charge in [0.2, 0.25) is 0 Å². The number of fused-ring (bicyclic) bond motifs is 2. The van der Waals surface area contributed by atoms with Crippen molar-refractivity contribution in [3.63, 3.8) is 0 Å². The number of hydrogen-bond acceptors (Lipinski definition) is 3. The van der Waals surface area contributed by atoms with Crippen molar-refractivity contribution in [3.05, 3.63) is 51.6 Å². The zero-order valence-electron chi connectivity index (χ0n) is 10.2. The first kappa shape index (κ1) is 12.3. The third kappa shape index (κ3) is 2.06. The molecule has 0 radical (unpaired) electrons. The SMILES string of the molecule is COC(=O)c1c2ccccc2nc2ccc(I)cc12. The van der Waals surface area contributed by atoms with Crippen molar-refractivity contribution in [1.29, 1.82) is 0 Å². The summed E-state index contributed by atoms with van der Waals surface area (Å²) < 4.78 is 5.99. The molecule has 0 unspecified atom stereocenters. The van der Waals surface area contributed by atoms with Crippen molar-refractivity contribution in [2.45, 2.75) is 0 Å². The van der Waals surface area contributed by atoms with E-state index in [0.29, 0.717) is 5.56 Å². The van der Waals surface area contributed by atoms with E-state index in [9.17, 15) is 4.79 Å². The van der Waals surface area contributed by atoms with E-state index in [1.165, 1.54) is 7.11 Å². The Morgan fingerprint density at radius 3 is 2.63 bits per heavy atom. The van der Waals surface area contributed by atoms with Gasteiger partial charge in [0.1, 0.15) is 0 Å². The van der Waals surface area contributed by atoms with Gasteiger partial charge in [0, 0.05) is 14.3 Å². The Morgan fingerprint density at radius 2 is 1.84 bits per heavy atom. The molecule has 1 aromatic heterocycles. The molecule has 2 aromatic carbocycles. The van der Waals surface area contributed by atoms with Crippen LogP contribution in [0.5, 0.6) is 0 Å². The number of carbonyl (C=O) groups is 1. The summed E-state index contributed by atoms with van der Waals surface area (Å²) in [5.74, 6) is -0.328. The first-order valence-electron chi connectivity index (χ1n) is 5.77. The molecule has 3 aromatic rings. The molecular weight excluding hydrogens is 353 g/mol. The number of benzene rings is 2. The van der Waals surface area contributed by atoms with E-state index in [0.717, 1.165) is 25.4 Å². The monoisotopic (exact) mass is 363 g/mol. The summed E-state index contributed by atoms with van der Waals surface area (Å²) in [5.41, 5.74) is 2.19. The van der Waals surface area contributed by atoms with Crippen LogP contribution < -0.4 is 0 Å². The predicted octanol–water partition coefficient (Wildman–Crippen LogP) is 3.78. The van der Waals surface area contributed by atoms with Gasteiger partial charge < -0.3 is 4.74 Å². The summed E-state index contributed by atoms with van der Waals surface area (Å²) in [7, 11) is 1.40. The molecule has 4 heteroatoms. The molecule has 19 heavy (non-hydrogen) atoms. The van der Waals surface area contributed by atoms with E-state index in [1.54, 1.807) is 0 Å². The smallest absolute Gasteiger partial charge is 0.339 e. The highest BCUT2D eigenvalue weighted by Gasteiger charge is 2.16. The van der Waals surface area contributed by atoms with Crippen molar-refractivity contribution in [2.24, 2.45) is 0 Å². The standard InChI is InChI=1S/C15H10INO2/c1-19-15(18)14-10-4-2-3-5-12(10)17-13-7-6-9(16)8-11(13)14/h2-8H,1H3. The fraction of sp³-hybridized carbons (Fsp3) is 0.0667. The van der Waals surface area contributed by atoms with Crippen LogP contribution >= 0.6 is 22.6 Å². The molecule has 0 fully saturated rings. The Labute approximate surface area is 123 Å². The minimum atomic E-state index is -0.328. The number of halogens is 1. The number of nitrogens with zero attached hydrogens (tertiary/aromatic N) is 1. The van der Waals surface area contributed by atoms with Gasteiger partial charge in [0.05, 0.1) is 23.7 Å². The molecule has 0 amide bonds. The first-order valence-corrected chi connectivity index (χ1v) is 6.85. The number of ether oxygens (including phenoxy) is 1. The van der Waals surface area contributed by atoms with Gasteiger partial charge in [-0.25, -0.2) is 9.78 Å². The molecule has 0 aliphatic carbocycles. The van der Waals surface area contributed by atoms with Crippen LogP contribution in [0, 0.1) is 3.57 Å². The fourth-order valence-electron chi connectivity index (χ4n) is 2.19. The van der Waals surface area contributed by atoms with Crippen molar-refractivity contribution < 1.29 is 9.53 Å². The minimum Gasteiger partial charge on any atom is -0.465 e. The summed E-state index contributed by atoms with van der Waals surface area (Å²) in [6.45, 7) is 0. The summed E-state index contributed by atoms with van der Waals surface area (Å²) in [6.07, 6.45) is 0. The average molecular weight is 363 g/mol. The fourth-order valence-corrected chi connectivity index (χ4v) is 2.68. The van der Waals surface area contributed by atoms with Gasteiger partial charge in [-0.2, -0.15) is 0 Å². The van der Waals surface area contributed by atoms with E-state index < -0.39 is 0 Å². The van der Waals surface area contributed by atoms with E-state index in [1.807, 2.05) is 42.5 Å². The Kier molecular flexibility index (Phi) is 3.10. The van der Waals surface area contributed by atoms with Crippen LogP contribution in [0.25, 0.3) is 21.8 Å². The molecule has 3 nitrogen and oxygen atoms in total. The number of hydrogen-bond donors (Lipinski definition) is 0. The first-order chi connectivity index (χ1) is 9.20. The van der Waals surface area contributed by atoms with Gasteiger partial charge in [-0.1, -0.05) is 18.2 Å². The molecule has 0 saturated carbocycles. The van der Waals surface area contributed by atoms with Gasteiger partial charge in [-0.15, -0.1) is 0 Å². The molecule has 0 N–H and O–H groups in total. The molecule has 94 valence electrons. The van der Waals surface area contributed by atoms with Crippen molar-refractivity contribution in [2.75, 3.05) is 7.11 Å². The van der Waals surface area contributed by atoms with Gasteiger partial charge in [-0.3, -0.25) is 0 Å². The molecule has 0 spiro atoms. The zero-order valence-corrected chi connectivity index (χ0v) is 12.3. The van der Waals surface area contributed by atoms with Crippen molar-refractivity contribution >= 4 is 50.4 Å². The Hall–Kier alpha value is -1.69. The maximum Gasteiger partial charge on any atom is 0.339 e. The van der Waals surface area contributed by atoms with Crippen molar-refractivity contribution in [1.82, 2.24) is 4.98 Å². The normalized spacial score (nSPS) is 10.8. The third-order valence-electron chi connectivity index (χ3n) is 3.03. The van der Waals surface area contributed by atoms with E-state index in [2.05, 4.69) is 27.6 Å². The van der Waals surface area contributed by atoms with Crippen molar-refractivity contribution in [3.8, 4) is 0 Å². The number of carbonyl (C=O) groups excluding carboxylic acids is 1. The second kappa shape index (κ2) is 4.77. The zero-order chi connectivity index (χ0) is 13.4. The Bertz CT molecular complexity index is 799. The summed E-state index contributed by atoms with van der Waals surface area (Å²) in [6, 6.07) is 13.5. The highest BCUT2D eigenvalue weighted by molar-refractivity contribution is 14.1. The molecule has 0 bridgehead atoms. The number of aromatic nitrogens is 1. The lowest BCUT2D eigenvalue weighted by molar-refractivity contribution is 0.0605. The lowest BCUT2D eigenvalue weighted by Crippen LogP contribution is -2.04. The summed E-state index contributed by atoms with van der Waals surface area (Å²) >= 11 is 2.22. The van der Waals surface area contributed by atoms with Crippen LogP contribution in [0.4, 0.5) is 0 Å². The van der Waals surface area contributed by atoms with E-state index in [-0.39, 0.29) is 5.97 Å². The molecule has 0 atom stereocenters. The second-order valence-electron chi connectivity index (χ2n) is 4.16. The quantitative estimate of drug-likeness (QED) is 0.375. The topological polar surface area (TPSA) is 39.2 Å². The van der Waals surface area contributed by atoms with Gasteiger partial charge in [-0.05, 0) is 46.9 Å². The highest BCUT2D eigenvalue weighted by Crippen LogP contribution is 2.27. The van der Waals surface area contributed by atoms with Crippen LogP contribution in [0.2, 0.25) is 0 Å². The molecule has 0 aliphatic heterocycles. The van der Waals surface area contributed by atoms with Crippen LogP contribution in [0.1, 0.15) is 10.4 Å². The van der Waals surface area contributed by atoms with Gasteiger partial charge >= 0.3 is 5.97 Å². The lowest BCUT2D eigenvalue weighted by Gasteiger charge is -2.09. The van der Waals surface area contributed by atoms with Crippen LogP contribution in [0.3, 0.4) is 0 Å². The average Bonchev–Trinajstić information content (AvgIpc) is 2.44. The van der Waals surface area contributed by atoms with Gasteiger partial charge in [0.25, 0.3) is 0 Å². The molecular formula is C15H10INO2. The number of rotatable bonds is 1. The molecule has 0 saturated heterocycles. The molecule has 0 aliphatic rings. The molecule has 1 heterocycles. The van der Waals surface area contributed by atoms with E-state index >= 15 is 0 Å². The van der Waals surface area contributed by atoms with Gasteiger partial charge in [0.15, 0.2) is 0 Å². The van der Waals surface area contributed by atoms with Crippen LogP contribution in [0.15, 0.2) is 42.5 Å². The number of para-hydroxylation sites is 1. The Balaban J connectivity index is 2.53. The lowest BCUT2D eigenvalue weighted by atomic mass is 10.0. The highest BCUT2D eigenvalue weighted by atomic mass is 127. The number of pyridine rings is 1. The number of methoxy groups -OCH3 is 1. The third-order valence-corrected chi connectivity index (χ3v) is 3.70. The summed E-state index contributed by atoms with van der Waals surface area (Å²) in [4.78, 5) is 16.7. The maximum atomic E-state index is 12.1. The molecule has 3 rings (SSSR count). The van der Waals surface area contributed by atoms with E-state index in [4.69, 9.17) is 4.74 Å². The Morgan fingerprint density at radius 1 is 1.11 bits per heavy atom. The summed E-state index contributed by atoms with van der Waals surface area (Å²) in [5, 5.41) is 1.65. The van der Waals surface area contributed by atoms with Crippen LogP contribution in [-0.2, 0) is 4.74 Å². The van der Waals surface area contributed by atoms with Crippen LogP contribution in [-0.4, -0.2) is 18.1 Å². The minimum absolute atomic E-state index is 0.328. The largest absolute Gasteiger partial charge is 0.465 e. The number of esters is 1. The predicted molar refractivity (Wildman–Crippen MR) is 83.3 cm³/mol. The maximum absolute atomic E-state index is 12.1. The second-order valence-corrected chi connectivity index (χ2v) is 5.40.